The Labute approximate surface area is 116 Å². The number of pyridine rings is 2. The van der Waals surface area contributed by atoms with Crippen molar-refractivity contribution < 1.29 is 9.59 Å². The fourth-order valence-electron chi connectivity index (χ4n) is 1.69. The zero-order valence-electron chi connectivity index (χ0n) is 11.5. The Bertz CT molecular complexity index is 642. The molecule has 2 rings (SSSR count). The van der Waals surface area contributed by atoms with Crippen LogP contribution in [0.2, 0.25) is 0 Å². The van der Waals surface area contributed by atoms with Gasteiger partial charge in [0.05, 0.1) is 5.56 Å². The van der Waals surface area contributed by atoms with Gasteiger partial charge in [-0.3, -0.25) is 9.59 Å². The molecule has 0 fully saturated rings. The van der Waals surface area contributed by atoms with Gasteiger partial charge in [-0.2, -0.15) is 0 Å². The van der Waals surface area contributed by atoms with Crippen molar-refractivity contribution in [1.82, 2.24) is 20.2 Å². The first-order valence-electron chi connectivity index (χ1n) is 6.28. The molecule has 1 N–H and O–H groups in total. The number of rotatable bonds is 4. The van der Waals surface area contributed by atoms with Crippen LogP contribution in [-0.2, 0) is 4.79 Å². The highest BCUT2D eigenvalue weighted by molar-refractivity contribution is 5.96. The largest absolute Gasteiger partial charge is 0.350 e. The first kappa shape index (κ1) is 13.9. The maximum absolute atomic E-state index is 12.0. The van der Waals surface area contributed by atoms with Gasteiger partial charge in [-0.25, -0.2) is 9.97 Å². The van der Waals surface area contributed by atoms with Crippen LogP contribution < -0.4 is 5.32 Å². The molecule has 2 aromatic rings. The van der Waals surface area contributed by atoms with Crippen molar-refractivity contribution in [2.75, 3.05) is 20.1 Å². The summed E-state index contributed by atoms with van der Waals surface area (Å²) in [4.78, 5) is 32.8. The normalized spacial score (nSPS) is 10.3. The second-order valence-electron chi connectivity index (χ2n) is 4.47. The van der Waals surface area contributed by atoms with Crippen LogP contribution >= 0.6 is 0 Å². The maximum atomic E-state index is 12.0. The fraction of sp³-hybridized carbons (Fsp3) is 0.286. The number of hydrogen-bond donors (Lipinski definition) is 1. The lowest BCUT2D eigenvalue weighted by atomic mass is 10.2. The van der Waals surface area contributed by atoms with Gasteiger partial charge in [0, 0.05) is 44.8 Å². The van der Waals surface area contributed by atoms with Crippen molar-refractivity contribution in [3.05, 3.63) is 36.2 Å². The van der Waals surface area contributed by atoms with Crippen LogP contribution in [0, 0.1) is 0 Å². The van der Waals surface area contributed by atoms with Gasteiger partial charge >= 0.3 is 0 Å². The summed E-state index contributed by atoms with van der Waals surface area (Å²) < 4.78 is 0. The summed E-state index contributed by atoms with van der Waals surface area (Å²) in [6, 6.07) is 5.41. The average Bonchev–Trinajstić information content (AvgIpc) is 2.46. The van der Waals surface area contributed by atoms with E-state index in [1.54, 1.807) is 30.3 Å². The standard InChI is InChI=1S/C14H16N4O2/c1-10(19)18(2)7-6-16-14(20)12-8-11-4-3-5-15-13(11)17-9-12/h3-5,8-9H,6-7H2,1-2H3,(H,16,20). The lowest BCUT2D eigenvalue weighted by Gasteiger charge is -2.14. The van der Waals surface area contributed by atoms with Crippen molar-refractivity contribution in [2.24, 2.45) is 0 Å². The molecule has 0 radical (unpaired) electrons. The third kappa shape index (κ3) is 3.28. The quantitative estimate of drug-likeness (QED) is 0.895. The first-order chi connectivity index (χ1) is 9.58. The number of nitrogens with one attached hydrogen (secondary N) is 1. The molecule has 0 aliphatic rings. The zero-order valence-corrected chi connectivity index (χ0v) is 11.5. The SMILES string of the molecule is CC(=O)N(C)CCNC(=O)c1cnc2ncccc2c1. The Hall–Kier alpha value is -2.50. The van der Waals surface area contributed by atoms with Gasteiger partial charge in [0.15, 0.2) is 5.65 Å². The first-order valence-corrected chi connectivity index (χ1v) is 6.28. The second-order valence-corrected chi connectivity index (χ2v) is 4.47. The van der Waals surface area contributed by atoms with Crippen LogP contribution in [0.1, 0.15) is 17.3 Å². The highest BCUT2D eigenvalue weighted by Gasteiger charge is 2.08. The van der Waals surface area contributed by atoms with E-state index in [2.05, 4.69) is 15.3 Å². The van der Waals surface area contributed by atoms with E-state index >= 15 is 0 Å². The van der Waals surface area contributed by atoms with Gasteiger partial charge in [0.25, 0.3) is 5.91 Å². The molecule has 6 nitrogen and oxygen atoms in total. The van der Waals surface area contributed by atoms with Crippen LogP contribution in [0.3, 0.4) is 0 Å². The summed E-state index contributed by atoms with van der Waals surface area (Å²) in [6.45, 7) is 2.37. The number of hydrogen-bond acceptors (Lipinski definition) is 4. The van der Waals surface area contributed by atoms with Crippen molar-refractivity contribution in [3.63, 3.8) is 0 Å². The predicted octanol–water partition coefficient (Wildman–Crippen LogP) is 0.838. The van der Waals surface area contributed by atoms with Crippen molar-refractivity contribution >= 4 is 22.8 Å². The lowest BCUT2D eigenvalue weighted by molar-refractivity contribution is -0.127. The van der Waals surface area contributed by atoms with E-state index in [1.165, 1.54) is 13.1 Å². The number of fused-ring (bicyclic) bond motifs is 1. The number of carbonyl (C=O) groups is 2. The minimum atomic E-state index is -0.208. The molecule has 6 heteroatoms. The molecule has 0 atom stereocenters. The van der Waals surface area contributed by atoms with E-state index < -0.39 is 0 Å². The lowest BCUT2D eigenvalue weighted by Crippen LogP contribution is -2.35. The van der Waals surface area contributed by atoms with Crippen molar-refractivity contribution in [1.29, 1.82) is 0 Å². The Morgan fingerprint density at radius 2 is 2.15 bits per heavy atom. The Morgan fingerprint density at radius 3 is 2.90 bits per heavy atom. The number of carbonyl (C=O) groups excluding carboxylic acids is 2. The minimum Gasteiger partial charge on any atom is -0.350 e. The molecular weight excluding hydrogens is 256 g/mol. The van der Waals surface area contributed by atoms with Crippen LogP contribution in [0.15, 0.2) is 30.6 Å². The number of likely N-dealkylation sites (N-methyl/N-ethyl adjacent to an activating group) is 1. The summed E-state index contributed by atoms with van der Waals surface area (Å²) >= 11 is 0. The number of aromatic nitrogens is 2. The molecule has 0 saturated heterocycles. The summed E-state index contributed by atoms with van der Waals surface area (Å²) in [5.74, 6) is -0.238. The summed E-state index contributed by atoms with van der Waals surface area (Å²) in [5.41, 5.74) is 1.09. The highest BCUT2D eigenvalue weighted by atomic mass is 16.2. The van der Waals surface area contributed by atoms with Crippen LogP contribution in [0.5, 0.6) is 0 Å². The van der Waals surface area contributed by atoms with Crippen LogP contribution in [0.4, 0.5) is 0 Å². The Kier molecular flexibility index (Phi) is 4.24. The Balaban J connectivity index is 1.99. The molecule has 0 unspecified atom stereocenters. The van der Waals surface area contributed by atoms with Gasteiger partial charge in [0.1, 0.15) is 0 Å². The Morgan fingerprint density at radius 1 is 1.35 bits per heavy atom. The molecule has 0 aliphatic heterocycles. The topological polar surface area (TPSA) is 75.2 Å². The predicted molar refractivity (Wildman–Crippen MR) is 75.2 cm³/mol. The minimum absolute atomic E-state index is 0.0299. The molecule has 0 aromatic carbocycles. The van der Waals surface area contributed by atoms with Gasteiger partial charge in [-0.1, -0.05) is 0 Å². The number of amides is 2. The molecule has 2 aromatic heterocycles. The molecule has 2 amide bonds. The average molecular weight is 272 g/mol. The zero-order chi connectivity index (χ0) is 14.5. The molecule has 0 saturated carbocycles. The van der Waals surface area contributed by atoms with E-state index in [-0.39, 0.29) is 11.8 Å². The van der Waals surface area contributed by atoms with Gasteiger partial charge < -0.3 is 10.2 Å². The summed E-state index contributed by atoms with van der Waals surface area (Å²) in [7, 11) is 1.69. The molecule has 0 bridgehead atoms. The fourth-order valence-corrected chi connectivity index (χ4v) is 1.69. The monoisotopic (exact) mass is 272 g/mol. The van der Waals surface area contributed by atoms with E-state index in [0.717, 1.165) is 5.39 Å². The third-order valence-electron chi connectivity index (χ3n) is 2.99. The molecule has 104 valence electrons. The van der Waals surface area contributed by atoms with Crippen LogP contribution in [0.25, 0.3) is 11.0 Å². The van der Waals surface area contributed by atoms with Crippen LogP contribution in [-0.4, -0.2) is 46.8 Å². The molecule has 20 heavy (non-hydrogen) atoms. The highest BCUT2D eigenvalue weighted by Crippen LogP contribution is 2.10. The molecule has 0 spiro atoms. The van der Waals surface area contributed by atoms with E-state index in [9.17, 15) is 9.59 Å². The van der Waals surface area contributed by atoms with Gasteiger partial charge in [0.2, 0.25) is 5.91 Å². The summed E-state index contributed by atoms with van der Waals surface area (Å²) in [5, 5.41) is 3.58. The maximum Gasteiger partial charge on any atom is 0.252 e. The van der Waals surface area contributed by atoms with E-state index in [1.807, 2.05) is 6.07 Å². The van der Waals surface area contributed by atoms with Gasteiger partial charge in [-0.05, 0) is 18.2 Å². The smallest absolute Gasteiger partial charge is 0.252 e. The van der Waals surface area contributed by atoms with E-state index in [4.69, 9.17) is 0 Å². The molecular formula is C14H16N4O2. The molecule has 2 heterocycles. The van der Waals surface area contributed by atoms with E-state index in [0.29, 0.717) is 24.3 Å². The number of nitrogens with zero attached hydrogens (tertiary/aromatic N) is 3. The van der Waals surface area contributed by atoms with Crippen molar-refractivity contribution in [2.45, 2.75) is 6.92 Å². The second kappa shape index (κ2) is 6.10. The molecule has 0 aliphatic carbocycles. The van der Waals surface area contributed by atoms with Gasteiger partial charge in [-0.15, -0.1) is 0 Å². The third-order valence-corrected chi connectivity index (χ3v) is 2.99. The summed E-state index contributed by atoms with van der Waals surface area (Å²) in [6.07, 6.45) is 3.16. The van der Waals surface area contributed by atoms with Crippen molar-refractivity contribution in [3.8, 4) is 0 Å².